The van der Waals surface area contributed by atoms with Crippen molar-refractivity contribution in [3.8, 4) is 5.75 Å². The molecular formula is C30H33F3N6O2. The van der Waals surface area contributed by atoms with E-state index in [4.69, 9.17) is 0 Å². The standard InChI is InChI=1S/C30H33F3N6O2/c1-20-18-38(17-16-34-20)24-9-7-23(8-10-24)21(2)36-28(40)14-13-27-37-26-4-3-15-35-29(26)39(27)19-22-5-11-25(12-6-22)41-30(31,32)33/h3-12,15,20-21,34H,13-14,16-19H2,1-2H3,(H,36,40)/t20-,21-/m0/s1. The summed E-state index contributed by atoms with van der Waals surface area (Å²) >= 11 is 0. The summed E-state index contributed by atoms with van der Waals surface area (Å²) in [6, 6.07) is 17.9. The zero-order chi connectivity index (χ0) is 29.0. The van der Waals surface area contributed by atoms with Gasteiger partial charge in [0.2, 0.25) is 5.91 Å². The second-order valence-electron chi connectivity index (χ2n) is 10.3. The number of anilines is 1. The molecule has 0 bridgehead atoms. The molecule has 1 fully saturated rings. The number of pyridine rings is 1. The average molecular weight is 567 g/mol. The second kappa shape index (κ2) is 12.2. The normalized spacial score (nSPS) is 16.5. The van der Waals surface area contributed by atoms with Crippen LogP contribution in [-0.2, 0) is 17.8 Å². The minimum atomic E-state index is -4.75. The molecule has 0 aliphatic carbocycles. The van der Waals surface area contributed by atoms with E-state index in [0.29, 0.717) is 36.0 Å². The molecule has 5 rings (SSSR count). The number of fused-ring (bicyclic) bond motifs is 1. The van der Waals surface area contributed by atoms with Crippen LogP contribution in [0.25, 0.3) is 11.2 Å². The predicted molar refractivity (Wildman–Crippen MR) is 151 cm³/mol. The van der Waals surface area contributed by atoms with Crippen LogP contribution in [0.4, 0.5) is 18.9 Å². The summed E-state index contributed by atoms with van der Waals surface area (Å²) in [7, 11) is 0. The first-order valence-electron chi connectivity index (χ1n) is 13.7. The lowest BCUT2D eigenvalue weighted by molar-refractivity contribution is -0.274. The van der Waals surface area contributed by atoms with Crippen molar-refractivity contribution < 1.29 is 22.7 Å². The number of nitrogens with one attached hydrogen (secondary N) is 2. The molecule has 2 N–H and O–H groups in total. The van der Waals surface area contributed by atoms with Crippen molar-refractivity contribution in [2.75, 3.05) is 24.5 Å². The van der Waals surface area contributed by atoms with Crippen LogP contribution in [0, 0.1) is 0 Å². The maximum atomic E-state index is 12.9. The van der Waals surface area contributed by atoms with Gasteiger partial charge < -0.3 is 24.8 Å². The molecule has 1 saturated heterocycles. The van der Waals surface area contributed by atoms with Gasteiger partial charge in [-0.3, -0.25) is 4.79 Å². The van der Waals surface area contributed by atoms with Crippen LogP contribution < -0.4 is 20.3 Å². The smallest absolute Gasteiger partial charge is 0.406 e. The van der Waals surface area contributed by atoms with E-state index in [1.807, 2.05) is 17.6 Å². The number of benzene rings is 2. The Balaban J connectivity index is 1.22. The molecule has 3 heterocycles. The fraction of sp³-hybridized carbons (Fsp3) is 0.367. The number of hydrogen-bond acceptors (Lipinski definition) is 6. The highest BCUT2D eigenvalue weighted by molar-refractivity contribution is 5.77. The number of carbonyl (C=O) groups excluding carboxylic acids is 1. The van der Waals surface area contributed by atoms with Crippen molar-refractivity contribution in [3.63, 3.8) is 0 Å². The molecule has 8 nitrogen and oxygen atoms in total. The van der Waals surface area contributed by atoms with Gasteiger partial charge in [-0.05, 0) is 61.4 Å². The van der Waals surface area contributed by atoms with E-state index in [9.17, 15) is 18.0 Å². The van der Waals surface area contributed by atoms with Gasteiger partial charge in [-0.25, -0.2) is 9.97 Å². The molecule has 0 radical (unpaired) electrons. The van der Waals surface area contributed by atoms with Gasteiger partial charge >= 0.3 is 6.36 Å². The molecule has 0 spiro atoms. The molecule has 2 aromatic heterocycles. The number of ether oxygens (including phenoxy) is 1. The number of aryl methyl sites for hydroxylation is 1. The molecule has 41 heavy (non-hydrogen) atoms. The lowest BCUT2D eigenvalue weighted by atomic mass is 10.1. The van der Waals surface area contributed by atoms with Gasteiger partial charge in [-0.15, -0.1) is 13.2 Å². The van der Waals surface area contributed by atoms with Crippen molar-refractivity contribution in [3.05, 3.63) is 83.8 Å². The summed E-state index contributed by atoms with van der Waals surface area (Å²) < 4.78 is 43.4. The zero-order valence-corrected chi connectivity index (χ0v) is 23.0. The Hall–Kier alpha value is -4.12. The van der Waals surface area contributed by atoms with Gasteiger partial charge in [0.05, 0.1) is 12.6 Å². The third-order valence-electron chi connectivity index (χ3n) is 7.16. The van der Waals surface area contributed by atoms with Crippen molar-refractivity contribution in [1.29, 1.82) is 0 Å². The lowest BCUT2D eigenvalue weighted by Crippen LogP contribution is -2.49. The number of carbonyl (C=O) groups is 1. The minimum Gasteiger partial charge on any atom is -0.406 e. The minimum absolute atomic E-state index is 0.0993. The van der Waals surface area contributed by atoms with Gasteiger partial charge in [0, 0.05) is 50.4 Å². The number of halogens is 3. The summed E-state index contributed by atoms with van der Waals surface area (Å²) in [5, 5.41) is 6.53. The highest BCUT2D eigenvalue weighted by Crippen LogP contribution is 2.24. The number of hydrogen-bond donors (Lipinski definition) is 2. The van der Waals surface area contributed by atoms with Crippen LogP contribution in [0.3, 0.4) is 0 Å². The summed E-state index contributed by atoms with van der Waals surface area (Å²) in [6.45, 7) is 7.37. The fourth-order valence-corrected chi connectivity index (χ4v) is 5.10. The number of imidazole rings is 1. The topological polar surface area (TPSA) is 84.3 Å². The van der Waals surface area contributed by atoms with Crippen LogP contribution in [0.2, 0.25) is 0 Å². The van der Waals surface area contributed by atoms with Gasteiger partial charge in [-0.1, -0.05) is 24.3 Å². The van der Waals surface area contributed by atoms with Crippen LogP contribution in [0.1, 0.15) is 43.3 Å². The van der Waals surface area contributed by atoms with Crippen molar-refractivity contribution in [2.24, 2.45) is 0 Å². The second-order valence-corrected chi connectivity index (χ2v) is 10.3. The number of alkyl halides is 3. The van der Waals surface area contributed by atoms with E-state index < -0.39 is 6.36 Å². The van der Waals surface area contributed by atoms with Crippen molar-refractivity contribution in [1.82, 2.24) is 25.2 Å². The Morgan fingerprint density at radius 2 is 1.90 bits per heavy atom. The highest BCUT2D eigenvalue weighted by Gasteiger charge is 2.31. The van der Waals surface area contributed by atoms with Gasteiger partial charge in [-0.2, -0.15) is 0 Å². The van der Waals surface area contributed by atoms with Gasteiger partial charge in [0.1, 0.15) is 17.1 Å². The molecule has 1 aliphatic rings. The molecule has 4 aromatic rings. The lowest BCUT2D eigenvalue weighted by Gasteiger charge is -2.33. The van der Waals surface area contributed by atoms with Crippen LogP contribution in [-0.4, -0.2) is 52.5 Å². The Labute approximate surface area is 236 Å². The largest absolute Gasteiger partial charge is 0.573 e. The molecule has 0 unspecified atom stereocenters. The molecule has 2 atom stereocenters. The maximum Gasteiger partial charge on any atom is 0.573 e. The average Bonchev–Trinajstić information content (AvgIpc) is 3.29. The van der Waals surface area contributed by atoms with E-state index in [1.54, 1.807) is 24.4 Å². The summed E-state index contributed by atoms with van der Waals surface area (Å²) in [5.74, 6) is 0.290. The van der Waals surface area contributed by atoms with E-state index in [1.165, 1.54) is 17.8 Å². The number of nitrogens with zero attached hydrogens (tertiary/aromatic N) is 4. The predicted octanol–water partition coefficient (Wildman–Crippen LogP) is 4.99. The van der Waals surface area contributed by atoms with Crippen molar-refractivity contribution in [2.45, 2.75) is 51.7 Å². The summed E-state index contributed by atoms with van der Waals surface area (Å²) in [5.41, 5.74) is 4.29. The quantitative estimate of drug-likeness (QED) is 0.297. The Morgan fingerprint density at radius 1 is 1.15 bits per heavy atom. The number of piperazine rings is 1. The van der Waals surface area contributed by atoms with E-state index in [-0.39, 0.29) is 24.1 Å². The summed E-state index contributed by atoms with van der Waals surface area (Å²) in [6.07, 6.45) is -2.48. The first-order chi connectivity index (χ1) is 19.6. The maximum absolute atomic E-state index is 12.9. The van der Waals surface area contributed by atoms with Crippen LogP contribution in [0.15, 0.2) is 66.9 Å². The molecule has 216 valence electrons. The zero-order valence-electron chi connectivity index (χ0n) is 23.0. The van der Waals surface area contributed by atoms with E-state index >= 15 is 0 Å². The van der Waals surface area contributed by atoms with Gasteiger partial charge in [0.15, 0.2) is 5.65 Å². The third kappa shape index (κ3) is 7.35. The molecule has 1 aliphatic heterocycles. The van der Waals surface area contributed by atoms with Gasteiger partial charge in [0.25, 0.3) is 0 Å². The highest BCUT2D eigenvalue weighted by atomic mass is 19.4. The SMILES string of the molecule is C[C@H](NC(=O)CCc1nc2cccnc2n1Cc1ccc(OC(F)(F)F)cc1)c1ccc(N2CCN[C@@H](C)C2)cc1. The third-order valence-corrected chi connectivity index (χ3v) is 7.16. The summed E-state index contributed by atoms with van der Waals surface area (Å²) in [4.78, 5) is 24.4. The van der Waals surface area contributed by atoms with E-state index in [0.717, 1.165) is 30.8 Å². The van der Waals surface area contributed by atoms with Crippen molar-refractivity contribution >= 4 is 22.8 Å². The number of amides is 1. The molecular weight excluding hydrogens is 533 g/mol. The Bertz CT molecular complexity index is 1470. The molecule has 1 amide bonds. The Kier molecular flexibility index (Phi) is 8.44. The van der Waals surface area contributed by atoms with Crippen LogP contribution in [0.5, 0.6) is 5.75 Å². The first kappa shape index (κ1) is 28.4. The van der Waals surface area contributed by atoms with Crippen LogP contribution >= 0.6 is 0 Å². The molecule has 0 saturated carbocycles. The molecule has 2 aromatic carbocycles. The Morgan fingerprint density at radius 3 is 2.61 bits per heavy atom. The number of aromatic nitrogens is 3. The monoisotopic (exact) mass is 566 g/mol. The van der Waals surface area contributed by atoms with E-state index in [2.05, 4.69) is 61.4 Å². The number of rotatable bonds is 9. The molecule has 11 heteroatoms. The first-order valence-corrected chi connectivity index (χ1v) is 13.7. The fourth-order valence-electron chi connectivity index (χ4n) is 5.10.